The molecule has 62 heavy (non-hydrogen) atoms. The molecule has 0 spiro atoms. The van der Waals surface area contributed by atoms with Crippen molar-refractivity contribution in [3.63, 3.8) is 0 Å². The maximum atomic E-state index is 14.8. The van der Waals surface area contributed by atoms with Gasteiger partial charge in [-0.3, -0.25) is 28.1 Å². The Bertz CT molecular complexity index is 3140. The highest BCUT2D eigenvalue weighted by Crippen LogP contribution is 2.45. The van der Waals surface area contributed by atoms with Crippen molar-refractivity contribution in [3.05, 3.63) is 138 Å². The molecule has 1 saturated carbocycles. The number of fused-ring (bicyclic) bond motifs is 3. The minimum absolute atomic E-state index is 0.136. The first-order valence-corrected chi connectivity index (χ1v) is 21.2. The van der Waals surface area contributed by atoms with Gasteiger partial charge in [-0.2, -0.15) is 10.2 Å². The number of aryl methyl sites for hydroxylation is 3. The zero-order valence-corrected chi connectivity index (χ0v) is 35.4. The molecule has 2 N–H and O–H groups in total. The quantitative estimate of drug-likeness (QED) is 0.178. The van der Waals surface area contributed by atoms with E-state index in [-0.39, 0.29) is 24.0 Å². The van der Waals surface area contributed by atoms with Crippen molar-refractivity contribution >= 4 is 39.3 Å². The third-order valence-electron chi connectivity index (χ3n) is 12.6. The third kappa shape index (κ3) is 6.96. The first-order chi connectivity index (χ1) is 29.9. The largest absolute Gasteiger partial charge is 0.438 e. The summed E-state index contributed by atoms with van der Waals surface area (Å²) in [5.74, 6) is 1.85. The van der Waals surface area contributed by atoms with E-state index in [9.17, 15) is 18.8 Å². The Morgan fingerprint density at radius 2 is 1.74 bits per heavy atom. The standard InChI is InChI=1S/C39H36ClFN8O3.C6H8N2O2/c1-22-16-27(17-23(2)36(22)41)49-37(48-13-12-47(39(48)51)34-7-6-33-28(35(34)40)20-42-45(33)3)29-21-46(11-8-31(29)44-49)38(50)32-19-26-18-25(4-5-30(26)43-32)24-9-14-52-15-10-24;1-3-2-4(3)5-7-6(9)10-8-5/h4-7,12-13,16-20,24,43H,8-11,14-15,21H2,1-3H3;3-4H,2H2,1H3,(H,7,8,9)/t;3-,4+/m.0/s1. The molecule has 11 rings (SSSR count). The Labute approximate surface area is 358 Å². The lowest BCUT2D eigenvalue weighted by atomic mass is 9.91. The summed E-state index contributed by atoms with van der Waals surface area (Å²) < 4.78 is 31.2. The fourth-order valence-corrected chi connectivity index (χ4v) is 9.22. The lowest BCUT2D eigenvalue weighted by molar-refractivity contribution is 0.0729. The Hall–Kier alpha value is -6.52. The van der Waals surface area contributed by atoms with Gasteiger partial charge in [0.25, 0.3) is 5.91 Å². The van der Waals surface area contributed by atoms with Crippen LogP contribution < -0.4 is 11.4 Å². The molecule has 2 atom stereocenters. The number of rotatable bonds is 6. The number of aromatic nitrogens is 9. The van der Waals surface area contributed by atoms with Gasteiger partial charge in [0.15, 0.2) is 5.82 Å². The van der Waals surface area contributed by atoms with Crippen molar-refractivity contribution in [3.8, 4) is 17.2 Å². The third-order valence-corrected chi connectivity index (χ3v) is 13.0. The minimum Gasteiger partial charge on any atom is -0.381 e. The molecule has 8 aromatic rings. The number of imidazole rings is 1. The first kappa shape index (κ1) is 39.6. The van der Waals surface area contributed by atoms with Crippen LogP contribution in [-0.4, -0.2) is 74.4 Å². The van der Waals surface area contributed by atoms with Gasteiger partial charge in [-0.15, -0.1) is 0 Å². The number of halogens is 2. The lowest BCUT2D eigenvalue weighted by Gasteiger charge is -2.26. The number of amides is 1. The normalized spacial score (nSPS) is 17.7. The Morgan fingerprint density at radius 1 is 0.984 bits per heavy atom. The second-order valence-electron chi connectivity index (χ2n) is 16.7. The summed E-state index contributed by atoms with van der Waals surface area (Å²) in [6, 6.07) is 15.4. The van der Waals surface area contributed by atoms with Gasteiger partial charge in [-0.05, 0) is 104 Å². The number of carbonyl (C=O) groups excluding carboxylic acids is 1. The number of nitrogens with one attached hydrogen (secondary N) is 2. The Balaban J connectivity index is 0.000000401. The van der Waals surface area contributed by atoms with Crippen LogP contribution in [0, 0.1) is 25.6 Å². The highest BCUT2D eigenvalue weighted by molar-refractivity contribution is 6.37. The number of benzene rings is 3. The number of carbonyl (C=O) groups is 1. The topological polar surface area (TPSA) is 167 Å². The van der Waals surface area contributed by atoms with E-state index in [1.807, 2.05) is 19.2 Å². The lowest BCUT2D eigenvalue weighted by Crippen LogP contribution is -2.36. The van der Waals surface area contributed by atoms with Gasteiger partial charge in [0.05, 0.1) is 40.3 Å². The Morgan fingerprint density at radius 3 is 2.47 bits per heavy atom. The minimum atomic E-state index is -0.450. The number of aromatic amines is 2. The summed E-state index contributed by atoms with van der Waals surface area (Å²) in [5.41, 5.74) is 6.71. The second-order valence-corrected chi connectivity index (χ2v) is 17.0. The van der Waals surface area contributed by atoms with Crippen molar-refractivity contribution < 1.29 is 18.4 Å². The molecule has 3 aromatic carbocycles. The molecular weight excluding hydrogens is 815 g/mol. The molecule has 2 fully saturated rings. The van der Waals surface area contributed by atoms with Crippen LogP contribution in [0.1, 0.15) is 82.3 Å². The predicted molar refractivity (Wildman–Crippen MR) is 230 cm³/mol. The van der Waals surface area contributed by atoms with E-state index >= 15 is 0 Å². The van der Waals surface area contributed by atoms with E-state index in [0.29, 0.717) is 75.6 Å². The predicted octanol–water partition coefficient (Wildman–Crippen LogP) is 7.17. The SMILES string of the molecule is C[C@H]1C[C@H]1c1noc(=O)[nH]1.Cc1cc(-n2nc3c(c2-n2ccn(-c4ccc5c(cnn5C)c4Cl)c2=O)CN(C(=O)c2cc4cc(C5CCOCC5)ccc4[nH]2)CC3)cc(C)c1F. The summed E-state index contributed by atoms with van der Waals surface area (Å²) in [6.45, 7) is 7.75. The number of ether oxygens (including phenoxy) is 1. The zero-order valence-electron chi connectivity index (χ0n) is 34.6. The van der Waals surface area contributed by atoms with Crippen molar-refractivity contribution in [1.82, 2.24) is 48.7 Å². The number of hydrogen-bond acceptors (Lipinski definition) is 8. The summed E-state index contributed by atoms with van der Waals surface area (Å²) in [4.78, 5) is 46.6. The van der Waals surface area contributed by atoms with Crippen molar-refractivity contribution in [2.24, 2.45) is 13.0 Å². The highest BCUT2D eigenvalue weighted by atomic mass is 35.5. The fraction of sp³-hybridized carbons (Fsp3) is 0.333. The molecule has 1 amide bonds. The molecule has 7 heterocycles. The van der Waals surface area contributed by atoms with Gasteiger partial charge in [0.2, 0.25) is 0 Å². The van der Waals surface area contributed by atoms with Crippen molar-refractivity contribution in [2.45, 2.75) is 64.8 Å². The number of H-pyrrole nitrogens is 2. The monoisotopic (exact) mass is 858 g/mol. The summed E-state index contributed by atoms with van der Waals surface area (Å²) >= 11 is 6.85. The molecular formula is C45H44ClFN10O5. The van der Waals surface area contributed by atoms with Crippen LogP contribution in [0.5, 0.6) is 0 Å². The van der Waals surface area contributed by atoms with E-state index < -0.39 is 5.76 Å². The molecule has 2 aliphatic heterocycles. The first-order valence-electron chi connectivity index (χ1n) is 20.8. The van der Waals surface area contributed by atoms with Gasteiger partial charge in [-0.25, -0.2) is 18.7 Å². The van der Waals surface area contributed by atoms with E-state index in [1.54, 1.807) is 64.9 Å². The summed E-state index contributed by atoms with van der Waals surface area (Å²) in [7, 11) is 1.83. The second kappa shape index (κ2) is 15.4. The summed E-state index contributed by atoms with van der Waals surface area (Å²) in [6.07, 6.45) is 8.60. The van der Waals surface area contributed by atoms with Crippen LogP contribution in [0.2, 0.25) is 5.02 Å². The molecule has 1 aliphatic carbocycles. The average molecular weight is 859 g/mol. The zero-order chi connectivity index (χ0) is 43.0. The molecule has 17 heteroatoms. The van der Waals surface area contributed by atoms with Gasteiger partial charge in [0.1, 0.15) is 17.3 Å². The number of nitrogens with zero attached hydrogens (tertiary/aromatic N) is 8. The maximum absolute atomic E-state index is 14.8. The molecule has 3 aliphatic rings. The van der Waals surface area contributed by atoms with Gasteiger partial charge in [0, 0.05) is 73.4 Å². The molecule has 318 valence electrons. The van der Waals surface area contributed by atoms with Crippen molar-refractivity contribution in [1.29, 1.82) is 0 Å². The van der Waals surface area contributed by atoms with Crippen molar-refractivity contribution in [2.75, 3.05) is 19.8 Å². The molecule has 0 unspecified atom stereocenters. The van der Waals surface area contributed by atoms with Crippen LogP contribution >= 0.6 is 11.6 Å². The highest BCUT2D eigenvalue weighted by Gasteiger charge is 2.37. The molecule has 5 aromatic heterocycles. The van der Waals surface area contributed by atoms with Gasteiger partial charge >= 0.3 is 11.4 Å². The molecule has 1 saturated heterocycles. The van der Waals surface area contributed by atoms with Gasteiger partial charge < -0.3 is 14.6 Å². The maximum Gasteiger partial charge on any atom is 0.438 e. The van der Waals surface area contributed by atoms with Crippen LogP contribution in [0.4, 0.5) is 4.39 Å². The van der Waals surface area contributed by atoms with Crippen LogP contribution in [0.3, 0.4) is 0 Å². The van der Waals surface area contributed by atoms with Crippen LogP contribution in [-0.2, 0) is 24.8 Å². The van der Waals surface area contributed by atoms with E-state index in [2.05, 4.69) is 49.9 Å². The summed E-state index contributed by atoms with van der Waals surface area (Å²) in [5, 5.41) is 15.0. The van der Waals surface area contributed by atoms with E-state index in [0.717, 1.165) is 65.5 Å². The molecule has 15 nitrogen and oxygen atoms in total. The fourth-order valence-electron chi connectivity index (χ4n) is 8.92. The smallest absolute Gasteiger partial charge is 0.381 e. The Kier molecular flexibility index (Phi) is 9.86. The molecule has 0 radical (unpaired) electrons. The molecule has 0 bridgehead atoms. The average Bonchev–Trinajstić information content (AvgIpc) is 3.85. The number of hydrogen-bond donors (Lipinski definition) is 2. The van der Waals surface area contributed by atoms with Crippen LogP contribution in [0.25, 0.3) is 39.0 Å². The van der Waals surface area contributed by atoms with E-state index in [1.165, 1.54) is 14.7 Å². The van der Waals surface area contributed by atoms with Gasteiger partial charge in [-0.1, -0.05) is 29.7 Å². The van der Waals surface area contributed by atoms with E-state index in [4.69, 9.17) is 21.4 Å². The van der Waals surface area contributed by atoms with Crippen LogP contribution in [0.15, 0.2) is 81.2 Å².